The van der Waals surface area contributed by atoms with Crippen molar-refractivity contribution in [1.29, 1.82) is 0 Å². The molecule has 2 aromatic carbocycles. The van der Waals surface area contributed by atoms with Gasteiger partial charge in [0.25, 0.3) is 0 Å². The number of hydrogen-bond donors (Lipinski definition) is 1. The Morgan fingerprint density at radius 2 is 1.76 bits per heavy atom. The van der Waals surface area contributed by atoms with Crippen LogP contribution in [0.15, 0.2) is 52.2 Å². The van der Waals surface area contributed by atoms with Crippen LogP contribution in [-0.2, 0) is 23.1 Å². The van der Waals surface area contributed by atoms with E-state index in [0.717, 1.165) is 35.5 Å². The summed E-state index contributed by atoms with van der Waals surface area (Å²) in [6.45, 7) is 4.86. The van der Waals surface area contributed by atoms with Crippen molar-refractivity contribution >= 4 is 37.3 Å². The number of rotatable bonds is 6. The van der Waals surface area contributed by atoms with E-state index in [1.165, 1.54) is 24.9 Å². The van der Waals surface area contributed by atoms with Crippen molar-refractivity contribution in [1.82, 2.24) is 9.29 Å². The molecule has 1 aromatic heterocycles. The minimum absolute atomic E-state index is 0.0706. The van der Waals surface area contributed by atoms with Crippen LogP contribution >= 0.6 is 11.3 Å². The number of thiazole rings is 1. The fourth-order valence-corrected chi connectivity index (χ4v) is 5.86. The predicted octanol–water partition coefficient (Wildman–Crippen LogP) is 3.55. The van der Waals surface area contributed by atoms with Gasteiger partial charge in [-0.1, -0.05) is 23.5 Å². The Morgan fingerprint density at radius 1 is 1.03 bits per heavy atom. The number of sulfonamides is 1. The van der Waals surface area contributed by atoms with Crippen molar-refractivity contribution in [3.05, 3.63) is 57.7 Å². The first-order valence-electron chi connectivity index (χ1n) is 9.95. The van der Waals surface area contributed by atoms with Gasteiger partial charge < -0.3 is 4.90 Å². The third-order valence-corrected chi connectivity index (χ3v) is 7.73. The van der Waals surface area contributed by atoms with Gasteiger partial charge in [-0.15, -0.1) is 0 Å². The highest BCUT2D eigenvalue weighted by Gasteiger charge is 2.17. The van der Waals surface area contributed by atoms with Crippen LogP contribution in [0, 0.1) is 0 Å². The number of hydrogen-bond acceptors (Lipinski definition) is 5. The van der Waals surface area contributed by atoms with E-state index in [4.69, 9.17) is 0 Å². The van der Waals surface area contributed by atoms with E-state index in [-0.39, 0.29) is 16.3 Å². The molecule has 0 amide bonds. The Labute approximate surface area is 174 Å². The summed E-state index contributed by atoms with van der Waals surface area (Å²) in [7, 11) is -3.66. The molecule has 0 aliphatic carbocycles. The molecule has 4 rings (SSSR count). The predicted molar refractivity (Wildman–Crippen MR) is 118 cm³/mol. The molecule has 2 heterocycles. The zero-order valence-electron chi connectivity index (χ0n) is 16.4. The van der Waals surface area contributed by atoms with Gasteiger partial charge in [0.2, 0.25) is 10.0 Å². The van der Waals surface area contributed by atoms with Gasteiger partial charge in [0.15, 0.2) is 0 Å². The summed E-state index contributed by atoms with van der Waals surface area (Å²) in [5.74, 6) is 0. The van der Waals surface area contributed by atoms with Gasteiger partial charge in [0, 0.05) is 31.9 Å². The number of nitrogens with one attached hydrogen (secondary N) is 1. The van der Waals surface area contributed by atoms with Gasteiger partial charge in [-0.3, -0.25) is 9.36 Å². The summed E-state index contributed by atoms with van der Waals surface area (Å²) in [6.07, 6.45) is 3.74. The van der Waals surface area contributed by atoms with Crippen LogP contribution in [0.4, 0.5) is 5.69 Å². The molecule has 1 aliphatic heterocycles. The number of nitrogens with zero attached hydrogens (tertiary/aromatic N) is 2. The molecule has 0 bridgehead atoms. The second-order valence-corrected chi connectivity index (χ2v) is 10.0. The van der Waals surface area contributed by atoms with Gasteiger partial charge in [-0.05, 0) is 62.1 Å². The zero-order valence-corrected chi connectivity index (χ0v) is 18.1. The highest BCUT2D eigenvalue weighted by atomic mass is 32.2. The molecule has 6 nitrogen and oxygen atoms in total. The molecule has 29 heavy (non-hydrogen) atoms. The van der Waals surface area contributed by atoms with Crippen molar-refractivity contribution in [2.75, 3.05) is 18.0 Å². The summed E-state index contributed by atoms with van der Waals surface area (Å²) in [5, 5.41) is 0. The lowest BCUT2D eigenvalue weighted by Crippen LogP contribution is -2.29. The lowest BCUT2D eigenvalue weighted by molar-refractivity contribution is 0.577. The third-order valence-electron chi connectivity index (χ3n) is 5.39. The highest BCUT2D eigenvalue weighted by molar-refractivity contribution is 7.89. The zero-order chi connectivity index (χ0) is 20.4. The van der Waals surface area contributed by atoms with Gasteiger partial charge >= 0.3 is 4.87 Å². The quantitative estimate of drug-likeness (QED) is 0.648. The number of benzene rings is 2. The molecular formula is C21H25N3O3S2. The number of anilines is 1. The number of fused-ring (bicyclic) bond motifs is 1. The molecular weight excluding hydrogens is 406 g/mol. The number of piperidine rings is 1. The Balaban J connectivity index is 1.47. The topological polar surface area (TPSA) is 71.4 Å². The van der Waals surface area contributed by atoms with Crippen molar-refractivity contribution in [2.24, 2.45) is 0 Å². The average Bonchev–Trinajstić information content (AvgIpc) is 3.07. The maximum Gasteiger partial charge on any atom is 0.308 e. The second-order valence-electron chi connectivity index (χ2n) is 7.28. The Kier molecular flexibility index (Phi) is 5.76. The van der Waals surface area contributed by atoms with Gasteiger partial charge in [-0.25, -0.2) is 13.1 Å². The van der Waals surface area contributed by atoms with Crippen LogP contribution in [0.25, 0.3) is 10.2 Å². The monoisotopic (exact) mass is 431 g/mol. The van der Waals surface area contributed by atoms with Crippen LogP contribution in [-0.4, -0.2) is 26.1 Å². The van der Waals surface area contributed by atoms with E-state index in [1.54, 1.807) is 22.8 Å². The van der Waals surface area contributed by atoms with Crippen molar-refractivity contribution in [2.45, 2.75) is 44.2 Å². The van der Waals surface area contributed by atoms with Crippen LogP contribution in [0.2, 0.25) is 0 Å². The Bertz CT molecular complexity index is 1160. The molecule has 1 aliphatic rings. The molecule has 8 heteroatoms. The summed E-state index contributed by atoms with van der Waals surface area (Å²) >= 11 is 1.07. The first-order valence-corrected chi connectivity index (χ1v) is 12.2. The fraction of sp³-hybridized carbons (Fsp3) is 0.381. The minimum Gasteiger partial charge on any atom is -0.372 e. The molecule has 154 valence electrons. The van der Waals surface area contributed by atoms with Gasteiger partial charge in [0.05, 0.1) is 15.1 Å². The van der Waals surface area contributed by atoms with E-state index in [0.29, 0.717) is 11.2 Å². The standard InChI is InChI=1S/C21H25N3O3S2/c1-2-24-19-11-10-18(14-20(19)28-21(24)25)29(26,27)22-15-16-6-8-17(9-7-16)23-12-4-3-5-13-23/h6-11,14,22H,2-5,12-13,15H2,1H3. The van der Waals surface area contributed by atoms with Crippen LogP contribution in [0.1, 0.15) is 31.7 Å². The maximum absolute atomic E-state index is 12.7. The fourth-order valence-electron chi connectivity index (χ4n) is 3.75. The smallest absolute Gasteiger partial charge is 0.308 e. The Morgan fingerprint density at radius 3 is 2.45 bits per heavy atom. The molecule has 0 unspecified atom stereocenters. The third kappa shape index (κ3) is 4.24. The SMILES string of the molecule is CCn1c(=O)sc2cc(S(=O)(=O)NCc3ccc(N4CCCCC4)cc3)ccc21. The normalized spacial score (nSPS) is 15.1. The lowest BCUT2D eigenvalue weighted by Gasteiger charge is -2.28. The highest BCUT2D eigenvalue weighted by Crippen LogP contribution is 2.23. The summed E-state index contributed by atoms with van der Waals surface area (Å²) in [6, 6.07) is 12.9. The largest absolute Gasteiger partial charge is 0.372 e. The summed E-state index contributed by atoms with van der Waals surface area (Å²) in [4.78, 5) is 14.5. The van der Waals surface area contributed by atoms with E-state index in [9.17, 15) is 13.2 Å². The lowest BCUT2D eigenvalue weighted by atomic mass is 10.1. The molecule has 1 saturated heterocycles. The average molecular weight is 432 g/mol. The van der Waals surface area contributed by atoms with E-state index < -0.39 is 10.0 Å². The van der Waals surface area contributed by atoms with Crippen molar-refractivity contribution < 1.29 is 8.42 Å². The molecule has 0 atom stereocenters. The first kappa shape index (κ1) is 20.1. The minimum atomic E-state index is -3.66. The van der Waals surface area contributed by atoms with E-state index in [1.807, 2.05) is 19.1 Å². The van der Waals surface area contributed by atoms with Crippen molar-refractivity contribution in [3.63, 3.8) is 0 Å². The van der Waals surface area contributed by atoms with Crippen molar-refractivity contribution in [3.8, 4) is 0 Å². The maximum atomic E-state index is 12.7. The van der Waals surface area contributed by atoms with Gasteiger partial charge in [-0.2, -0.15) is 0 Å². The number of aromatic nitrogens is 1. The van der Waals surface area contributed by atoms with Gasteiger partial charge in [0.1, 0.15) is 0 Å². The molecule has 1 fully saturated rings. The molecule has 3 aromatic rings. The molecule has 0 radical (unpaired) electrons. The molecule has 0 spiro atoms. The molecule has 0 saturated carbocycles. The summed E-state index contributed by atoms with van der Waals surface area (Å²) in [5.41, 5.74) is 2.88. The number of aryl methyl sites for hydroxylation is 1. The second kappa shape index (κ2) is 8.30. The van der Waals surface area contributed by atoms with E-state index >= 15 is 0 Å². The van der Waals surface area contributed by atoms with Crippen LogP contribution in [0.3, 0.4) is 0 Å². The first-order chi connectivity index (χ1) is 14.0. The van der Waals surface area contributed by atoms with Crippen LogP contribution < -0.4 is 14.5 Å². The van der Waals surface area contributed by atoms with E-state index in [2.05, 4.69) is 21.8 Å². The molecule has 1 N–H and O–H groups in total. The summed E-state index contributed by atoms with van der Waals surface area (Å²) < 4.78 is 30.5. The Hall–Kier alpha value is -2.16. The van der Waals surface area contributed by atoms with Crippen LogP contribution in [0.5, 0.6) is 0 Å².